The van der Waals surface area contributed by atoms with E-state index < -0.39 is 5.91 Å². The highest BCUT2D eigenvalue weighted by Gasteiger charge is 2.31. The van der Waals surface area contributed by atoms with E-state index in [4.69, 9.17) is 5.73 Å². The molecule has 1 aliphatic heterocycles. The minimum Gasteiger partial charge on any atom is -0.364 e. The molecule has 0 aromatic heterocycles. The summed E-state index contributed by atoms with van der Waals surface area (Å²) in [5.41, 5.74) is 7.88. The molecule has 2 aromatic carbocycles. The van der Waals surface area contributed by atoms with Gasteiger partial charge in [0.15, 0.2) is 0 Å². The second-order valence-electron chi connectivity index (χ2n) is 4.72. The fourth-order valence-corrected chi connectivity index (χ4v) is 2.41. The number of amides is 1. The molecular formula is C16H15N3O. The van der Waals surface area contributed by atoms with Gasteiger partial charge < -0.3 is 5.73 Å². The minimum atomic E-state index is -0.454. The van der Waals surface area contributed by atoms with Gasteiger partial charge in [-0.05, 0) is 17.7 Å². The molecule has 0 saturated heterocycles. The van der Waals surface area contributed by atoms with Gasteiger partial charge in [-0.3, -0.25) is 9.80 Å². The van der Waals surface area contributed by atoms with E-state index in [1.54, 1.807) is 0 Å². The van der Waals surface area contributed by atoms with Crippen molar-refractivity contribution >= 4 is 17.3 Å². The third-order valence-corrected chi connectivity index (χ3v) is 3.40. The van der Waals surface area contributed by atoms with Gasteiger partial charge in [-0.2, -0.15) is 5.10 Å². The first-order valence-electron chi connectivity index (χ1n) is 6.52. The van der Waals surface area contributed by atoms with Crippen LogP contribution in [0.4, 0.5) is 5.69 Å². The highest BCUT2D eigenvalue weighted by atomic mass is 16.1. The van der Waals surface area contributed by atoms with Gasteiger partial charge in [0, 0.05) is 6.42 Å². The maximum Gasteiger partial charge on any atom is 0.265 e. The summed E-state index contributed by atoms with van der Waals surface area (Å²) in [6, 6.07) is 19.9. The van der Waals surface area contributed by atoms with Crippen molar-refractivity contribution < 1.29 is 4.79 Å². The molecule has 0 aliphatic carbocycles. The zero-order valence-electron chi connectivity index (χ0n) is 10.9. The number of nitrogens with two attached hydrogens (primary N) is 1. The second-order valence-corrected chi connectivity index (χ2v) is 4.72. The Balaban J connectivity index is 2.00. The van der Waals surface area contributed by atoms with Gasteiger partial charge in [0.05, 0.1) is 11.7 Å². The summed E-state index contributed by atoms with van der Waals surface area (Å²) in [4.78, 5) is 11.4. The van der Waals surface area contributed by atoms with E-state index in [2.05, 4.69) is 5.10 Å². The first kappa shape index (κ1) is 12.4. The van der Waals surface area contributed by atoms with Gasteiger partial charge in [0.2, 0.25) is 0 Å². The number of hydrogen-bond donors (Lipinski definition) is 1. The summed E-state index contributed by atoms with van der Waals surface area (Å²) in [5.74, 6) is -0.454. The third kappa shape index (κ3) is 2.28. The lowest BCUT2D eigenvalue weighted by Gasteiger charge is -2.23. The lowest BCUT2D eigenvalue weighted by atomic mass is 10.0. The summed E-state index contributed by atoms with van der Waals surface area (Å²) in [6.45, 7) is 0. The van der Waals surface area contributed by atoms with Crippen molar-refractivity contribution in [1.29, 1.82) is 0 Å². The average Bonchev–Trinajstić information content (AvgIpc) is 2.94. The van der Waals surface area contributed by atoms with Crippen LogP contribution in [0.1, 0.15) is 18.0 Å². The fraction of sp³-hybridized carbons (Fsp3) is 0.125. The number of benzene rings is 2. The van der Waals surface area contributed by atoms with E-state index in [1.807, 2.05) is 65.7 Å². The van der Waals surface area contributed by atoms with Crippen LogP contribution in [0.5, 0.6) is 0 Å². The number of carbonyl (C=O) groups is 1. The Morgan fingerprint density at radius 2 is 1.65 bits per heavy atom. The molecule has 1 atom stereocenters. The Kier molecular flexibility index (Phi) is 3.21. The predicted molar refractivity (Wildman–Crippen MR) is 79.4 cm³/mol. The number of rotatable bonds is 3. The topological polar surface area (TPSA) is 58.7 Å². The number of para-hydroxylation sites is 1. The number of hydrogen-bond acceptors (Lipinski definition) is 3. The molecule has 0 bridgehead atoms. The number of hydrazone groups is 1. The van der Waals surface area contributed by atoms with Crippen LogP contribution in [0, 0.1) is 0 Å². The molecule has 20 heavy (non-hydrogen) atoms. The third-order valence-electron chi connectivity index (χ3n) is 3.40. The Morgan fingerprint density at radius 3 is 2.25 bits per heavy atom. The van der Waals surface area contributed by atoms with Crippen LogP contribution in [-0.4, -0.2) is 11.6 Å². The highest BCUT2D eigenvalue weighted by molar-refractivity contribution is 6.39. The molecule has 0 radical (unpaired) electrons. The van der Waals surface area contributed by atoms with Gasteiger partial charge in [-0.1, -0.05) is 48.5 Å². The van der Waals surface area contributed by atoms with Crippen molar-refractivity contribution in [2.75, 3.05) is 5.01 Å². The standard InChI is InChI=1S/C16H15N3O/c17-16(20)14-11-15(12-7-3-1-4-8-12)19(18-14)13-9-5-2-6-10-13/h1-10,15H,11H2,(H2,17,20). The quantitative estimate of drug-likeness (QED) is 0.926. The van der Waals surface area contributed by atoms with Gasteiger partial charge in [-0.25, -0.2) is 0 Å². The molecule has 2 aromatic rings. The van der Waals surface area contributed by atoms with E-state index in [9.17, 15) is 4.79 Å². The zero-order chi connectivity index (χ0) is 13.9. The maximum absolute atomic E-state index is 11.4. The van der Waals surface area contributed by atoms with Gasteiger partial charge in [-0.15, -0.1) is 0 Å². The van der Waals surface area contributed by atoms with Crippen molar-refractivity contribution in [3.8, 4) is 0 Å². The summed E-state index contributed by atoms with van der Waals surface area (Å²) in [6.07, 6.45) is 0.536. The number of anilines is 1. The van der Waals surface area contributed by atoms with E-state index in [1.165, 1.54) is 0 Å². The summed E-state index contributed by atoms with van der Waals surface area (Å²) in [5, 5.41) is 6.26. The highest BCUT2D eigenvalue weighted by Crippen LogP contribution is 2.34. The fourth-order valence-electron chi connectivity index (χ4n) is 2.41. The summed E-state index contributed by atoms with van der Waals surface area (Å²) >= 11 is 0. The first-order valence-corrected chi connectivity index (χ1v) is 6.52. The molecule has 1 heterocycles. The van der Waals surface area contributed by atoms with E-state index in [-0.39, 0.29) is 6.04 Å². The lowest BCUT2D eigenvalue weighted by Crippen LogP contribution is -2.22. The summed E-state index contributed by atoms with van der Waals surface area (Å²) in [7, 11) is 0. The zero-order valence-corrected chi connectivity index (χ0v) is 10.9. The molecule has 4 heteroatoms. The molecule has 0 saturated carbocycles. The molecule has 1 amide bonds. The van der Waals surface area contributed by atoms with Crippen molar-refractivity contribution in [2.45, 2.75) is 12.5 Å². The minimum absolute atomic E-state index is 0.0149. The number of primary amides is 1. The van der Waals surface area contributed by atoms with Crippen molar-refractivity contribution in [3.63, 3.8) is 0 Å². The monoisotopic (exact) mass is 265 g/mol. The Bertz CT molecular complexity index is 637. The number of carbonyl (C=O) groups excluding carboxylic acids is 1. The lowest BCUT2D eigenvalue weighted by molar-refractivity contribution is -0.112. The SMILES string of the molecule is NC(=O)C1=NN(c2ccccc2)C(c2ccccc2)C1. The molecule has 1 aliphatic rings. The second kappa shape index (κ2) is 5.17. The van der Waals surface area contributed by atoms with E-state index in [0.717, 1.165) is 11.3 Å². The van der Waals surface area contributed by atoms with Crippen molar-refractivity contribution in [1.82, 2.24) is 0 Å². The van der Waals surface area contributed by atoms with E-state index in [0.29, 0.717) is 12.1 Å². The maximum atomic E-state index is 11.4. The van der Waals surface area contributed by atoms with Crippen LogP contribution in [0.15, 0.2) is 65.8 Å². The molecule has 100 valence electrons. The van der Waals surface area contributed by atoms with Crippen molar-refractivity contribution in [2.24, 2.45) is 10.8 Å². The molecule has 3 rings (SSSR count). The Hall–Kier alpha value is -2.62. The molecule has 0 spiro atoms. The first-order chi connectivity index (χ1) is 9.75. The van der Waals surface area contributed by atoms with Crippen LogP contribution in [0.3, 0.4) is 0 Å². The van der Waals surface area contributed by atoms with Crippen LogP contribution >= 0.6 is 0 Å². The van der Waals surface area contributed by atoms with E-state index >= 15 is 0 Å². The van der Waals surface area contributed by atoms with Crippen molar-refractivity contribution in [3.05, 3.63) is 66.2 Å². The van der Waals surface area contributed by atoms with Gasteiger partial charge in [0.25, 0.3) is 5.91 Å². The average molecular weight is 265 g/mol. The summed E-state index contributed by atoms with van der Waals surface area (Å²) < 4.78 is 0. The molecule has 2 N–H and O–H groups in total. The molecule has 4 nitrogen and oxygen atoms in total. The molecule has 1 unspecified atom stereocenters. The normalized spacial score (nSPS) is 17.9. The predicted octanol–water partition coefficient (Wildman–Crippen LogP) is 2.48. The Morgan fingerprint density at radius 1 is 1.05 bits per heavy atom. The molecular weight excluding hydrogens is 250 g/mol. The number of nitrogens with zero attached hydrogens (tertiary/aromatic N) is 2. The Labute approximate surface area is 117 Å². The van der Waals surface area contributed by atoms with Gasteiger partial charge in [0.1, 0.15) is 5.71 Å². The molecule has 0 fully saturated rings. The van der Waals surface area contributed by atoms with Crippen LogP contribution in [-0.2, 0) is 4.79 Å². The largest absolute Gasteiger partial charge is 0.364 e. The van der Waals surface area contributed by atoms with Gasteiger partial charge >= 0.3 is 0 Å². The van der Waals surface area contributed by atoms with Crippen LogP contribution in [0.25, 0.3) is 0 Å². The van der Waals surface area contributed by atoms with Crippen LogP contribution < -0.4 is 10.7 Å². The smallest absolute Gasteiger partial charge is 0.265 e. The van der Waals surface area contributed by atoms with Crippen LogP contribution in [0.2, 0.25) is 0 Å².